The van der Waals surface area contributed by atoms with Crippen molar-refractivity contribution in [2.24, 2.45) is 0 Å². The Morgan fingerprint density at radius 2 is 1.92 bits per heavy atom. The lowest BCUT2D eigenvalue weighted by molar-refractivity contribution is 0.142. The van der Waals surface area contributed by atoms with Gasteiger partial charge in [-0.05, 0) is 50.6 Å². The Morgan fingerprint density at radius 3 is 2.65 bits per heavy atom. The lowest BCUT2D eigenvalue weighted by atomic mass is 10.2. The Balaban J connectivity index is 1.67. The minimum atomic E-state index is -0.305. The number of carbonyl (C=O) groups is 1. The van der Waals surface area contributed by atoms with E-state index in [0.29, 0.717) is 13.2 Å². The number of unbranched alkanes of at least 4 members (excludes halogenated alkanes) is 1. The number of nitrogens with zero attached hydrogens (tertiary/aromatic N) is 2. The number of hydrogen-bond donors (Lipinski definition) is 1. The number of benzene rings is 1. The van der Waals surface area contributed by atoms with Gasteiger partial charge in [-0.3, -0.25) is 4.90 Å². The van der Waals surface area contributed by atoms with Crippen molar-refractivity contribution >= 4 is 23.5 Å². The highest BCUT2D eigenvalue weighted by molar-refractivity contribution is 7.99. The average molecular weight is 380 g/mol. The first-order valence-corrected chi connectivity index (χ1v) is 10.8. The standard InChI is InChI=1S/C20H33N3O2S/c1-3-17-26-19-10-6-5-9-18(19)23-14-12-22(13-15-23)11-7-8-16-25-20(24)21-4-2/h5-6,9-10H,3-4,7-8,11-17H2,1-2H3,(H,21,24). The summed E-state index contributed by atoms with van der Waals surface area (Å²) in [4.78, 5) is 17.7. The van der Waals surface area contributed by atoms with Crippen molar-refractivity contribution in [2.45, 2.75) is 38.0 Å². The highest BCUT2D eigenvalue weighted by Gasteiger charge is 2.18. The Morgan fingerprint density at radius 1 is 1.15 bits per heavy atom. The third kappa shape index (κ3) is 7.08. The summed E-state index contributed by atoms with van der Waals surface area (Å²) in [7, 11) is 0. The molecule has 0 aliphatic carbocycles. The summed E-state index contributed by atoms with van der Waals surface area (Å²) < 4.78 is 5.11. The van der Waals surface area contributed by atoms with Crippen LogP contribution in [0.25, 0.3) is 0 Å². The lowest BCUT2D eigenvalue weighted by Crippen LogP contribution is -2.46. The van der Waals surface area contributed by atoms with E-state index >= 15 is 0 Å². The maximum absolute atomic E-state index is 11.2. The number of rotatable bonds is 10. The monoisotopic (exact) mass is 379 g/mol. The van der Waals surface area contributed by atoms with Crippen LogP contribution in [0.2, 0.25) is 0 Å². The smallest absolute Gasteiger partial charge is 0.407 e. The summed E-state index contributed by atoms with van der Waals surface area (Å²) in [5, 5.41) is 2.64. The summed E-state index contributed by atoms with van der Waals surface area (Å²) in [5.74, 6) is 1.18. The molecule has 1 saturated heterocycles. The van der Waals surface area contributed by atoms with Gasteiger partial charge in [0.15, 0.2) is 0 Å². The SMILES string of the molecule is CCCSc1ccccc1N1CCN(CCCCOC(=O)NCC)CC1. The van der Waals surface area contributed by atoms with Gasteiger partial charge >= 0.3 is 6.09 Å². The van der Waals surface area contributed by atoms with Crippen LogP contribution < -0.4 is 10.2 Å². The third-order valence-electron chi connectivity index (χ3n) is 4.46. The molecule has 0 bridgehead atoms. The van der Waals surface area contributed by atoms with Crippen molar-refractivity contribution in [3.05, 3.63) is 24.3 Å². The zero-order valence-electron chi connectivity index (χ0n) is 16.2. The molecule has 0 spiro atoms. The minimum absolute atomic E-state index is 0.305. The van der Waals surface area contributed by atoms with Crippen LogP contribution in [0.1, 0.15) is 33.1 Å². The van der Waals surface area contributed by atoms with E-state index in [1.165, 1.54) is 22.8 Å². The molecule has 1 aliphatic rings. The van der Waals surface area contributed by atoms with E-state index in [9.17, 15) is 4.79 Å². The number of anilines is 1. The molecule has 6 heteroatoms. The number of nitrogens with one attached hydrogen (secondary N) is 1. The Kier molecular flexibility index (Phi) is 9.71. The molecule has 0 radical (unpaired) electrons. The van der Waals surface area contributed by atoms with Crippen LogP contribution in [-0.2, 0) is 4.74 Å². The Labute approximate surface area is 162 Å². The largest absolute Gasteiger partial charge is 0.450 e. The molecule has 1 N–H and O–H groups in total. The van der Waals surface area contributed by atoms with Crippen molar-refractivity contribution in [2.75, 3.05) is 56.5 Å². The number of hydrogen-bond acceptors (Lipinski definition) is 5. The van der Waals surface area contributed by atoms with Gasteiger partial charge in [0.2, 0.25) is 0 Å². The lowest BCUT2D eigenvalue weighted by Gasteiger charge is -2.37. The van der Waals surface area contributed by atoms with Crippen LogP contribution in [0.3, 0.4) is 0 Å². The molecule has 146 valence electrons. The van der Waals surface area contributed by atoms with Crippen molar-refractivity contribution in [3.8, 4) is 0 Å². The van der Waals surface area contributed by atoms with Gasteiger partial charge < -0.3 is 15.0 Å². The molecule has 2 rings (SSSR count). The fourth-order valence-electron chi connectivity index (χ4n) is 3.06. The predicted molar refractivity (Wildman–Crippen MR) is 110 cm³/mol. The van der Waals surface area contributed by atoms with Gasteiger partial charge in [0, 0.05) is 37.6 Å². The summed E-state index contributed by atoms with van der Waals surface area (Å²) in [6, 6.07) is 8.79. The quantitative estimate of drug-likeness (QED) is 0.494. The van der Waals surface area contributed by atoms with E-state index in [1.54, 1.807) is 0 Å². The summed E-state index contributed by atoms with van der Waals surface area (Å²) in [6.07, 6.45) is 2.90. The van der Waals surface area contributed by atoms with E-state index in [0.717, 1.165) is 45.6 Å². The van der Waals surface area contributed by atoms with Crippen molar-refractivity contribution < 1.29 is 9.53 Å². The van der Waals surface area contributed by atoms with Gasteiger partial charge in [-0.15, -0.1) is 11.8 Å². The van der Waals surface area contributed by atoms with Crippen molar-refractivity contribution in [3.63, 3.8) is 0 Å². The van der Waals surface area contributed by atoms with E-state index in [2.05, 4.69) is 46.3 Å². The molecule has 0 saturated carbocycles. The first-order valence-electron chi connectivity index (χ1n) is 9.84. The summed E-state index contributed by atoms with van der Waals surface area (Å²) >= 11 is 1.96. The van der Waals surface area contributed by atoms with Gasteiger partial charge in [0.05, 0.1) is 12.3 Å². The second-order valence-corrected chi connectivity index (χ2v) is 7.65. The predicted octanol–water partition coefficient (Wildman–Crippen LogP) is 3.84. The first-order chi connectivity index (χ1) is 12.7. The van der Waals surface area contributed by atoms with Crippen LogP contribution in [-0.4, -0.2) is 62.6 Å². The van der Waals surface area contributed by atoms with Crippen LogP contribution >= 0.6 is 11.8 Å². The number of carbonyl (C=O) groups excluding carboxylic acids is 1. The minimum Gasteiger partial charge on any atom is -0.450 e. The fourth-order valence-corrected chi connectivity index (χ4v) is 4.01. The fraction of sp³-hybridized carbons (Fsp3) is 0.650. The molecule has 1 aromatic carbocycles. The molecule has 1 aliphatic heterocycles. The normalized spacial score (nSPS) is 15.1. The molecule has 5 nitrogen and oxygen atoms in total. The number of para-hydroxylation sites is 1. The highest BCUT2D eigenvalue weighted by atomic mass is 32.2. The molecule has 1 fully saturated rings. The van der Waals surface area contributed by atoms with Crippen LogP contribution in [0.5, 0.6) is 0 Å². The molecule has 1 aromatic rings. The van der Waals surface area contributed by atoms with Crippen LogP contribution in [0, 0.1) is 0 Å². The molecule has 0 aromatic heterocycles. The zero-order valence-corrected chi connectivity index (χ0v) is 17.0. The number of thioether (sulfide) groups is 1. The topological polar surface area (TPSA) is 44.8 Å². The van der Waals surface area contributed by atoms with Crippen molar-refractivity contribution in [1.82, 2.24) is 10.2 Å². The summed E-state index contributed by atoms with van der Waals surface area (Å²) in [5.41, 5.74) is 1.39. The average Bonchev–Trinajstić information content (AvgIpc) is 2.67. The maximum Gasteiger partial charge on any atom is 0.407 e. The van der Waals surface area contributed by atoms with E-state index < -0.39 is 0 Å². The number of ether oxygens (including phenoxy) is 1. The van der Waals surface area contributed by atoms with Crippen molar-refractivity contribution in [1.29, 1.82) is 0 Å². The maximum atomic E-state index is 11.2. The molecule has 1 heterocycles. The second-order valence-electron chi connectivity index (χ2n) is 6.52. The number of alkyl carbamates (subject to hydrolysis) is 1. The number of piperazine rings is 1. The Bertz CT molecular complexity index is 534. The van der Waals surface area contributed by atoms with E-state index in [4.69, 9.17) is 4.74 Å². The first kappa shape index (κ1) is 20.9. The summed E-state index contributed by atoms with van der Waals surface area (Å²) in [6.45, 7) is 10.7. The Hall–Kier alpha value is -1.40. The van der Waals surface area contributed by atoms with E-state index in [-0.39, 0.29) is 6.09 Å². The molecule has 1 amide bonds. The van der Waals surface area contributed by atoms with Gasteiger partial charge in [0.25, 0.3) is 0 Å². The molecule has 0 unspecified atom stereocenters. The second kappa shape index (κ2) is 12.1. The molecular formula is C20H33N3O2S. The van der Waals surface area contributed by atoms with E-state index in [1.807, 2.05) is 18.7 Å². The van der Waals surface area contributed by atoms with Gasteiger partial charge in [0.1, 0.15) is 0 Å². The van der Waals surface area contributed by atoms with Gasteiger partial charge in [-0.25, -0.2) is 4.79 Å². The van der Waals surface area contributed by atoms with Gasteiger partial charge in [-0.1, -0.05) is 19.1 Å². The van der Waals surface area contributed by atoms with Crippen LogP contribution in [0.4, 0.5) is 10.5 Å². The number of amides is 1. The highest BCUT2D eigenvalue weighted by Crippen LogP contribution is 2.31. The zero-order chi connectivity index (χ0) is 18.6. The van der Waals surface area contributed by atoms with Crippen LogP contribution in [0.15, 0.2) is 29.2 Å². The molecule has 0 atom stereocenters. The van der Waals surface area contributed by atoms with Gasteiger partial charge in [-0.2, -0.15) is 0 Å². The molecular weight excluding hydrogens is 346 g/mol. The third-order valence-corrected chi connectivity index (χ3v) is 5.73. The molecule has 26 heavy (non-hydrogen) atoms.